The maximum Gasteiger partial charge on any atom is 0.336 e. The number of anilines is 1. The number of nitrogens with zero attached hydrogens (tertiary/aromatic N) is 2. The molecular weight excluding hydrogens is 314 g/mol. The molecule has 0 spiro atoms. The van der Waals surface area contributed by atoms with E-state index in [1.54, 1.807) is 0 Å². The van der Waals surface area contributed by atoms with E-state index in [2.05, 4.69) is 5.32 Å². The molecule has 1 aromatic rings. The van der Waals surface area contributed by atoms with Crippen LogP contribution in [0, 0.1) is 26.1 Å². The van der Waals surface area contributed by atoms with Crippen LogP contribution in [0.25, 0.3) is 0 Å². The number of hydrogen-bond donors (Lipinski definition) is 3. The fourth-order valence-electron chi connectivity index (χ4n) is 1.84. The lowest BCUT2D eigenvalue weighted by Crippen LogP contribution is -2.34. The average molecular weight is 327 g/mol. The van der Waals surface area contributed by atoms with Crippen molar-refractivity contribution >= 4 is 29.0 Å². The molecule has 0 radical (unpaired) electrons. The molecule has 0 aliphatic rings. The van der Waals surface area contributed by atoms with Crippen LogP contribution >= 0.6 is 0 Å². The highest BCUT2D eigenvalue weighted by Gasteiger charge is 2.32. The molecule has 1 atom stereocenters. The SMILES string of the molecule is CC(C)[C@H](Nc1c([N+](=O)[O-])cc(C(=O)O)cc1[N+](=O)[O-])C(=O)O. The molecule has 0 aromatic heterocycles. The molecule has 0 bridgehead atoms. The number of nitrogens with one attached hydrogen (secondary N) is 1. The standard InChI is InChI=1S/C12H13N3O8/c1-5(2)9(12(18)19)13-10-7(14(20)21)3-6(11(16)17)4-8(10)15(22)23/h3-5,9,13H,1-2H3,(H,16,17)(H,18,19)/t9-/m0/s1. The zero-order valence-electron chi connectivity index (χ0n) is 12.0. The van der Waals surface area contributed by atoms with Gasteiger partial charge in [-0.25, -0.2) is 9.59 Å². The molecule has 1 aromatic carbocycles. The zero-order valence-corrected chi connectivity index (χ0v) is 12.0. The van der Waals surface area contributed by atoms with Crippen LogP contribution < -0.4 is 5.32 Å². The van der Waals surface area contributed by atoms with Crippen molar-refractivity contribution in [3.05, 3.63) is 37.9 Å². The van der Waals surface area contributed by atoms with Gasteiger partial charge in [-0.3, -0.25) is 20.2 Å². The summed E-state index contributed by atoms with van der Waals surface area (Å²) in [6.45, 7) is 3.02. The zero-order chi connectivity index (χ0) is 17.9. The Hall–Kier alpha value is -3.24. The molecule has 0 amide bonds. The summed E-state index contributed by atoms with van der Waals surface area (Å²) in [6, 6.07) is -0.0588. The molecule has 0 aliphatic heterocycles. The fourth-order valence-corrected chi connectivity index (χ4v) is 1.84. The Bertz CT molecular complexity index is 650. The Labute approximate surface area is 128 Å². The molecule has 124 valence electrons. The third-order valence-corrected chi connectivity index (χ3v) is 2.97. The summed E-state index contributed by atoms with van der Waals surface area (Å²) in [4.78, 5) is 42.3. The normalized spacial score (nSPS) is 11.8. The van der Waals surface area contributed by atoms with E-state index in [1.807, 2.05) is 0 Å². The number of rotatable bonds is 7. The Morgan fingerprint density at radius 3 is 1.78 bits per heavy atom. The summed E-state index contributed by atoms with van der Waals surface area (Å²) < 4.78 is 0. The first-order valence-electron chi connectivity index (χ1n) is 6.25. The van der Waals surface area contributed by atoms with Crippen LogP contribution in [0.3, 0.4) is 0 Å². The monoisotopic (exact) mass is 327 g/mol. The molecule has 11 nitrogen and oxygen atoms in total. The van der Waals surface area contributed by atoms with Crippen LogP contribution in [-0.4, -0.2) is 38.0 Å². The van der Waals surface area contributed by atoms with Crippen molar-refractivity contribution in [1.29, 1.82) is 0 Å². The number of nitro benzene ring substituents is 2. The van der Waals surface area contributed by atoms with E-state index in [-0.39, 0.29) is 0 Å². The summed E-state index contributed by atoms with van der Waals surface area (Å²) in [5.41, 5.74) is -3.07. The molecule has 0 fully saturated rings. The maximum atomic E-state index is 11.2. The number of benzene rings is 1. The molecule has 3 N–H and O–H groups in total. The Kier molecular flexibility index (Phi) is 5.17. The molecule has 23 heavy (non-hydrogen) atoms. The van der Waals surface area contributed by atoms with E-state index in [9.17, 15) is 29.8 Å². The number of carboxylic acid groups (broad SMARTS) is 2. The van der Waals surface area contributed by atoms with Crippen LogP contribution in [0.1, 0.15) is 24.2 Å². The van der Waals surface area contributed by atoms with Gasteiger partial charge in [-0.2, -0.15) is 0 Å². The van der Waals surface area contributed by atoms with Gasteiger partial charge in [0, 0.05) is 12.1 Å². The minimum absolute atomic E-state index is 0.536. The topological polar surface area (TPSA) is 173 Å². The minimum Gasteiger partial charge on any atom is -0.480 e. The molecule has 0 heterocycles. The molecule has 0 unspecified atom stereocenters. The van der Waals surface area contributed by atoms with Crippen LogP contribution in [0.5, 0.6) is 0 Å². The van der Waals surface area contributed by atoms with Gasteiger partial charge in [0.05, 0.1) is 15.4 Å². The second kappa shape index (κ2) is 6.68. The molecule has 0 saturated carbocycles. The van der Waals surface area contributed by atoms with E-state index in [4.69, 9.17) is 10.2 Å². The fraction of sp³-hybridized carbons (Fsp3) is 0.333. The number of carbonyl (C=O) groups is 2. The van der Waals surface area contributed by atoms with E-state index in [0.29, 0.717) is 12.1 Å². The van der Waals surface area contributed by atoms with Crippen molar-refractivity contribution in [2.75, 3.05) is 5.32 Å². The van der Waals surface area contributed by atoms with Crippen molar-refractivity contribution in [3.63, 3.8) is 0 Å². The first kappa shape index (κ1) is 17.8. The quantitative estimate of drug-likeness (QED) is 0.497. The Morgan fingerprint density at radius 2 is 1.52 bits per heavy atom. The van der Waals surface area contributed by atoms with Crippen LogP contribution in [0.2, 0.25) is 0 Å². The van der Waals surface area contributed by atoms with Crippen LogP contribution in [0.4, 0.5) is 17.1 Å². The van der Waals surface area contributed by atoms with Gasteiger partial charge in [-0.1, -0.05) is 13.8 Å². The lowest BCUT2D eigenvalue weighted by atomic mass is 10.0. The van der Waals surface area contributed by atoms with Gasteiger partial charge >= 0.3 is 11.9 Å². The molecule has 0 saturated heterocycles. The van der Waals surface area contributed by atoms with Crippen molar-refractivity contribution < 1.29 is 29.6 Å². The van der Waals surface area contributed by atoms with E-state index in [0.717, 1.165) is 0 Å². The summed E-state index contributed by atoms with van der Waals surface area (Å²) in [6.07, 6.45) is 0. The van der Waals surface area contributed by atoms with E-state index >= 15 is 0 Å². The minimum atomic E-state index is -1.58. The van der Waals surface area contributed by atoms with Crippen molar-refractivity contribution in [2.24, 2.45) is 5.92 Å². The number of hydrogen-bond acceptors (Lipinski definition) is 7. The van der Waals surface area contributed by atoms with Gasteiger partial charge in [0.15, 0.2) is 5.69 Å². The number of nitro groups is 2. The highest BCUT2D eigenvalue weighted by Crippen LogP contribution is 2.36. The second-order valence-electron chi connectivity index (χ2n) is 4.91. The highest BCUT2D eigenvalue weighted by molar-refractivity contribution is 5.93. The van der Waals surface area contributed by atoms with E-state index in [1.165, 1.54) is 13.8 Å². The lowest BCUT2D eigenvalue weighted by molar-refractivity contribution is -0.392. The van der Waals surface area contributed by atoms with Crippen molar-refractivity contribution in [2.45, 2.75) is 19.9 Å². The average Bonchev–Trinajstić information content (AvgIpc) is 2.42. The number of aliphatic carboxylic acids is 1. The maximum absolute atomic E-state index is 11.2. The van der Waals surface area contributed by atoms with Gasteiger partial charge in [0.2, 0.25) is 0 Å². The molecule has 11 heteroatoms. The van der Waals surface area contributed by atoms with Crippen molar-refractivity contribution in [1.82, 2.24) is 0 Å². The third-order valence-electron chi connectivity index (χ3n) is 2.97. The molecular formula is C12H13N3O8. The number of carboxylic acids is 2. The Balaban J connectivity index is 3.61. The summed E-state index contributed by atoms with van der Waals surface area (Å²) in [5, 5.41) is 42.5. The van der Waals surface area contributed by atoms with Crippen LogP contribution in [-0.2, 0) is 4.79 Å². The van der Waals surface area contributed by atoms with Gasteiger partial charge < -0.3 is 15.5 Å². The van der Waals surface area contributed by atoms with Crippen molar-refractivity contribution in [3.8, 4) is 0 Å². The van der Waals surface area contributed by atoms with Gasteiger partial charge in [-0.15, -0.1) is 0 Å². The predicted octanol–water partition coefficient (Wildman–Crippen LogP) is 1.72. The summed E-state index contributed by atoms with van der Waals surface area (Å²) in [5.74, 6) is -3.47. The first-order chi connectivity index (χ1) is 10.6. The summed E-state index contributed by atoms with van der Waals surface area (Å²) >= 11 is 0. The van der Waals surface area contributed by atoms with E-state index < -0.39 is 56.4 Å². The molecule has 0 aliphatic carbocycles. The first-order valence-corrected chi connectivity index (χ1v) is 6.25. The smallest absolute Gasteiger partial charge is 0.336 e. The van der Waals surface area contributed by atoms with Gasteiger partial charge in [0.1, 0.15) is 6.04 Å². The molecule has 1 rings (SSSR count). The lowest BCUT2D eigenvalue weighted by Gasteiger charge is -2.19. The Morgan fingerprint density at radius 1 is 1.09 bits per heavy atom. The van der Waals surface area contributed by atoms with Gasteiger partial charge in [-0.05, 0) is 5.92 Å². The number of aromatic carboxylic acids is 1. The van der Waals surface area contributed by atoms with Crippen LogP contribution in [0.15, 0.2) is 12.1 Å². The largest absolute Gasteiger partial charge is 0.480 e. The third kappa shape index (κ3) is 3.90. The predicted molar refractivity (Wildman–Crippen MR) is 76.6 cm³/mol. The van der Waals surface area contributed by atoms with Gasteiger partial charge in [0.25, 0.3) is 11.4 Å². The summed E-state index contributed by atoms with van der Waals surface area (Å²) in [7, 11) is 0. The highest BCUT2D eigenvalue weighted by atomic mass is 16.6. The second-order valence-corrected chi connectivity index (χ2v) is 4.91.